The summed E-state index contributed by atoms with van der Waals surface area (Å²) in [5.41, 5.74) is 2.84. The van der Waals surface area contributed by atoms with E-state index in [1.54, 1.807) is 30.3 Å². The molecule has 0 fully saturated rings. The molecule has 0 saturated heterocycles. The van der Waals surface area contributed by atoms with Gasteiger partial charge in [-0.1, -0.05) is 29.8 Å². The van der Waals surface area contributed by atoms with E-state index in [0.717, 1.165) is 21.1 Å². The molecule has 0 radical (unpaired) electrons. The highest BCUT2D eigenvalue weighted by Gasteiger charge is 2.15. The van der Waals surface area contributed by atoms with Crippen molar-refractivity contribution in [1.29, 1.82) is 0 Å². The predicted octanol–water partition coefficient (Wildman–Crippen LogP) is 4.52. The van der Waals surface area contributed by atoms with Crippen LogP contribution in [0.5, 0.6) is 0 Å². The molecule has 3 rings (SSSR count). The van der Waals surface area contributed by atoms with Crippen LogP contribution in [0.3, 0.4) is 0 Å². The normalized spacial score (nSPS) is 10.6. The van der Waals surface area contributed by atoms with E-state index < -0.39 is 11.8 Å². The Kier molecular flexibility index (Phi) is 6.61. The van der Waals surface area contributed by atoms with Crippen LogP contribution < -0.4 is 10.6 Å². The van der Waals surface area contributed by atoms with Crippen LogP contribution in [-0.4, -0.2) is 23.3 Å². The SMILES string of the molecule is Cc1ccc(Cl)cc1NC(=O)C(=O)NCCc1sc(-c2cccc(F)c2)nc1C. The van der Waals surface area contributed by atoms with Crippen molar-refractivity contribution in [1.82, 2.24) is 10.3 Å². The lowest BCUT2D eigenvalue weighted by Crippen LogP contribution is -2.36. The van der Waals surface area contributed by atoms with Crippen molar-refractivity contribution in [2.24, 2.45) is 0 Å². The van der Waals surface area contributed by atoms with Crippen LogP contribution in [0.25, 0.3) is 10.6 Å². The molecule has 2 aromatic carbocycles. The first-order valence-electron chi connectivity index (χ1n) is 8.91. The zero-order chi connectivity index (χ0) is 21.0. The molecule has 0 saturated carbocycles. The van der Waals surface area contributed by atoms with Crippen molar-refractivity contribution in [2.45, 2.75) is 20.3 Å². The molecule has 0 spiro atoms. The molecule has 2 N–H and O–H groups in total. The van der Waals surface area contributed by atoms with Crippen LogP contribution in [0.2, 0.25) is 5.02 Å². The molecular formula is C21H19ClFN3O2S. The van der Waals surface area contributed by atoms with E-state index in [-0.39, 0.29) is 12.4 Å². The van der Waals surface area contributed by atoms with Crippen molar-refractivity contribution in [3.05, 3.63) is 69.4 Å². The number of benzene rings is 2. The molecule has 2 amide bonds. The lowest BCUT2D eigenvalue weighted by molar-refractivity contribution is -0.136. The minimum absolute atomic E-state index is 0.284. The van der Waals surface area contributed by atoms with Crippen LogP contribution in [-0.2, 0) is 16.0 Å². The number of hydrogen-bond donors (Lipinski definition) is 2. The number of carbonyl (C=O) groups is 2. The van der Waals surface area contributed by atoms with Crippen LogP contribution in [0.4, 0.5) is 10.1 Å². The van der Waals surface area contributed by atoms with E-state index in [2.05, 4.69) is 15.6 Å². The maximum absolute atomic E-state index is 13.4. The molecule has 0 unspecified atom stereocenters. The Balaban J connectivity index is 1.56. The van der Waals surface area contributed by atoms with Crippen LogP contribution in [0, 0.1) is 19.7 Å². The summed E-state index contributed by atoms with van der Waals surface area (Å²) in [6.45, 7) is 3.96. The largest absolute Gasteiger partial charge is 0.347 e. The van der Waals surface area contributed by atoms with Crippen molar-refractivity contribution in [3.63, 3.8) is 0 Å². The Morgan fingerprint density at radius 3 is 2.69 bits per heavy atom. The molecule has 8 heteroatoms. The molecular weight excluding hydrogens is 413 g/mol. The maximum atomic E-state index is 13.4. The number of nitrogens with zero attached hydrogens (tertiary/aromatic N) is 1. The summed E-state index contributed by atoms with van der Waals surface area (Å²) in [7, 11) is 0. The van der Waals surface area contributed by atoms with Gasteiger partial charge in [0.1, 0.15) is 10.8 Å². The first-order chi connectivity index (χ1) is 13.8. The second-order valence-corrected chi connectivity index (χ2v) is 7.98. The van der Waals surface area contributed by atoms with E-state index in [0.29, 0.717) is 22.7 Å². The van der Waals surface area contributed by atoms with Gasteiger partial charge < -0.3 is 10.6 Å². The number of aryl methyl sites for hydroxylation is 2. The summed E-state index contributed by atoms with van der Waals surface area (Å²) in [4.78, 5) is 29.6. The maximum Gasteiger partial charge on any atom is 0.313 e. The number of rotatable bonds is 5. The molecule has 0 bridgehead atoms. The highest BCUT2D eigenvalue weighted by Crippen LogP contribution is 2.28. The molecule has 0 aliphatic carbocycles. The Labute approximate surface area is 176 Å². The van der Waals surface area contributed by atoms with E-state index in [9.17, 15) is 14.0 Å². The first kappa shape index (κ1) is 21.0. The zero-order valence-corrected chi connectivity index (χ0v) is 17.5. The quantitative estimate of drug-likeness (QED) is 0.583. The van der Waals surface area contributed by atoms with Gasteiger partial charge in [0.2, 0.25) is 0 Å². The zero-order valence-electron chi connectivity index (χ0n) is 15.9. The standard InChI is InChI=1S/C21H19ClFN3O2S/c1-12-6-7-15(22)11-17(12)26-20(28)19(27)24-9-8-18-13(2)25-21(29-18)14-4-3-5-16(23)10-14/h3-7,10-11H,8-9H2,1-2H3,(H,24,27)(H,26,28). The van der Waals surface area contributed by atoms with Crippen molar-refractivity contribution >= 4 is 40.4 Å². The molecule has 0 aliphatic rings. The molecule has 29 heavy (non-hydrogen) atoms. The lowest BCUT2D eigenvalue weighted by Gasteiger charge is -2.09. The summed E-state index contributed by atoms with van der Waals surface area (Å²) in [6, 6.07) is 11.3. The number of amides is 2. The van der Waals surface area contributed by atoms with Crippen molar-refractivity contribution in [2.75, 3.05) is 11.9 Å². The third-order valence-electron chi connectivity index (χ3n) is 4.26. The van der Waals surface area contributed by atoms with E-state index in [1.165, 1.54) is 23.5 Å². The summed E-state index contributed by atoms with van der Waals surface area (Å²) >= 11 is 7.37. The summed E-state index contributed by atoms with van der Waals surface area (Å²) < 4.78 is 13.4. The molecule has 0 aliphatic heterocycles. The molecule has 1 aromatic heterocycles. The minimum atomic E-state index is -0.753. The van der Waals surface area contributed by atoms with E-state index >= 15 is 0 Å². The Morgan fingerprint density at radius 1 is 1.14 bits per heavy atom. The third kappa shape index (κ3) is 5.40. The Bertz CT molecular complexity index is 1070. The second kappa shape index (κ2) is 9.15. The van der Waals surface area contributed by atoms with E-state index in [4.69, 9.17) is 11.6 Å². The number of hydrogen-bond acceptors (Lipinski definition) is 4. The highest BCUT2D eigenvalue weighted by atomic mass is 35.5. The molecule has 3 aromatic rings. The predicted molar refractivity (Wildman–Crippen MR) is 114 cm³/mol. The van der Waals surface area contributed by atoms with Gasteiger partial charge in [0.15, 0.2) is 0 Å². The van der Waals surface area contributed by atoms with Gasteiger partial charge in [-0.3, -0.25) is 9.59 Å². The summed E-state index contributed by atoms with van der Waals surface area (Å²) in [5.74, 6) is -1.79. The van der Waals surface area contributed by atoms with Gasteiger partial charge in [-0.15, -0.1) is 11.3 Å². The van der Waals surface area contributed by atoms with Gasteiger partial charge in [0.05, 0.1) is 5.69 Å². The highest BCUT2D eigenvalue weighted by molar-refractivity contribution is 7.15. The van der Waals surface area contributed by atoms with Gasteiger partial charge in [-0.2, -0.15) is 0 Å². The average molecular weight is 432 g/mol. The Morgan fingerprint density at radius 2 is 1.93 bits per heavy atom. The number of aromatic nitrogens is 1. The van der Waals surface area contributed by atoms with Gasteiger partial charge in [-0.25, -0.2) is 9.37 Å². The lowest BCUT2D eigenvalue weighted by atomic mass is 10.2. The smallest absolute Gasteiger partial charge is 0.313 e. The molecule has 5 nitrogen and oxygen atoms in total. The van der Waals surface area contributed by atoms with Gasteiger partial charge >= 0.3 is 11.8 Å². The fraction of sp³-hybridized carbons (Fsp3) is 0.190. The van der Waals surface area contributed by atoms with Crippen LogP contribution in [0.1, 0.15) is 16.1 Å². The fourth-order valence-corrected chi connectivity index (χ4v) is 3.91. The summed E-state index contributed by atoms with van der Waals surface area (Å²) in [6.07, 6.45) is 0.522. The number of thiazole rings is 1. The molecule has 1 heterocycles. The number of nitrogens with one attached hydrogen (secondary N) is 2. The number of halogens is 2. The van der Waals surface area contributed by atoms with Gasteiger partial charge in [0, 0.05) is 34.1 Å². The minimum Gasteiger partial charge on any atom is -0.347 e. The van der Waals surface area contributed by atoms with Crippen LogP contribution in [0.15, 0.2) is 42.5 Å². The molecule has 150 valence electrons. The van der Waals surface area contributed by atoms with Gasteiger partial charge in [-0.05, 0) is 43.7 Å². The van der Waals surface area contributed by atoms with Gasteiger partial charge in [0.25, 0.3) is 0 Å². The van der Waals surface area contributed by atoms with E-state index in [1.807, 2.05) is 13.8 Å². The topological polar surface area (TPSA) is 71.1 Å². The van der Waals surface area contributed by atoms with Crippen molar-refractivity contribution in [3.8, 4) is 10.6 Å². The average Bonchev–Trinajstić information content (AvgIpc) is 3.05. The second-order valence-electron chi connectivity index (χ2n) is 6.46. The molecule has 0 atom stereocenters. The van der Waals surface area contributed by atoms with Crippen LogP contribution >= 0.6 is 22.9 Å². The fourth-order valence-electron chi connectivity index (χ4n) is 2.68. The van der Waals surface area contributed by atoms with Crippen molar-refractivity contribution < 1.29 is 14.0 Å². The summed E-state index contributed by atoms with van der Waals surface area (Å²) in [5, 5.41) is 6.36. The number of carbonyl (C=O) groups excluding carboxylic acids is 2. The number of anilines is 1. The Hall–Kier alpha value is -2.77. The monoisotopic (exact) mass is 431 g/mol. The first-order valence-corrected chi connectivity index (χ1v) is 10.1. The third-order valence-corrected chi connectivity index (χ3v) is 5.76.